The van der Waals surface area contributed by atoms with Crippen LogP contribution in [-0.2, 0) is 16.1 Å². The first-order chi connectivity index (χ1) is 10.7. The molecule has 0 bridgehead atoms. The normalized spacial score (nSPS) is 10.5. The number of ether oxygens (including phenoxy) is 2. The van der Waals surface area contributed by atoms with Gasteiger partial charge in [-0.1, -0.05) is 29.0 Å². The molecule has 1 aromatic carbocycles. The number of anilines is 1. The van der Waals surface area contributed by atoms with Gasteiger partial charge in [-0.3, -0.25) is 4.79 Å². The van der Waals surface area contributed by atoms with E-state index in [1.165, 1.54) is 16.9 Å². The van der Waals surface area contributed by atoms with Crippen molar-refractivity contribution in [1.82, 2.24) is 10.2 Å². The van der Waals surface area contributed by atoms with Gasteiger partial charge in [0.25, 0.3) is 0 Å². The minimum Gasteiger partial charge on any atom is -0.494 e. The van der Waals surface area contributed by atoms with Crippen molar-refractivity contribution in [3.63, 3.8) is 0 Å². The van der Waals surface area contributed by atoms with Gasteiger partial charge in [-0.05, 0) is 25.5 Å². The quantitative estimate of drug-likeness (QED) is 0.757. The third-order valence-electron chi connectivity index (χ3n) is 2.82. The highest BCUT2D eigenvalue weighted by Crippen LogP contribution is 2.16. The maximum Gasteiger partial charge on any atom is 0.226 e. The van der Waals surface area contributed by atoms with Gasteiger partial charge < -0.3 is 14.8 Å². The summed E-state index contributed by atoms with van der Waals surface area (Å²) in [5.41, 5.74) is 1.19. The Morgan fingerprint density at radius 2 is 2.05 bits per heavy atom. The summed E-state index contributed by atoms with van der Waals surface area (Å²) in [5, 5.41) is 11.7. The topological polar surface area (TPSA) is 73.3 Å². The van der Waals surface area contributed by atoms with Crippen LogP contribution < -0.4 is 10.1 Å². The van der Waals surface area contributed by atoms with Crippen LogP contribution in [0.25, 0.3) is 0 Å². The van der Waals surface area contributed by atoms with Crippen LogP contribution in [0.2, 0.25) is 0 Å². The van der Waals surface area contributed by atoms with Crippen molar-refractivity contribution < 1.29 is 14.3 Å². The van der Waals surface area contributed by atoms with Gasteiger partial charge in [-0.15, -0.1) is 10.2 Å². The monoisotopic (exact) mass is 321 g/mol. The molecule has 0 spiro atoms. The van der Waals surface area contributed by atoms with Gasteiger partial charge in [0.1, 0.15) is 17.4 Å². The van der Waals surface area contributed by atoms with Crippen molar-refractivity contribution in [2.45, 2.75) is 26.4 Å². The number of carbonyl (C=O) groups excluding carboxylic acids is 1. The highest BCUT2D eigenvalue weighted by atomic mass is 32.1. The van der Waals surface area contributed by atoms with Crippen molar-refractivity contribution in [2.24, 2.45) is 0 Å². The number of methoxy groups -OCH3 is 1. The number of carbonyl (C=O) groups is 1. The van der Waals surface area contributed by atoms with E-state index in [2.05, 4.69) is 15.5 Å². The Bertz CT molecular complexity index is 598. The van der Waals surface area contributed by atoms with E-state index in [1.54, 1.807) is 7.11 Å². The van der Waals surface area contributed by atoms with Crippen LogP contribution in [0.1, 0.15) is 23.4 Å². The van der Waals surface area contributed by atoms with Crippen LogP contribution in [0.5, 0.6) is 5.75 Å². The van der Waals surface area contributed by atoms with Crippen molar-refractivity contribution in [2.75, 3.05) is 19.0 Å². The minimum absolute atomic E-state index is 0.0902. The molecule has 1 heterocycles. The van der Waals surface area contributed by atoms with E-state index in [0.29, 0.717) is 31.2 Å². The van der Waals surface area contributed by atoms with Gasteiger partial charge in [0.2, 0.25) is 11.0 Å². The lowest BCUT2D eigenvalue weighted by molar-refractivity contribution is -0.116. The number of nitrogens with zero attached hydrogens (tertiary/aromatic N) is 2. The van der Waals surface area contributed by atoms with Gasteiger partial charge in [0.05, 0.1) is 6.61 Å². The van der Waals surface area contributed by atoms with E-state index in [-0.39, 0.29) is 5.91 Å². The number of aromatic nitrogens is 2. The summed E-state index contributed by atoms with van der Waals surface area (Å²) < 4.78 is 10.5. The van der Waals surface area contributed by atoms with Crippen LogP contribution in [0.15, 0.2) is 24.3 Å². The fourth-order valence-corrected chi connectivity index (χ4v) is 2.45. The zero-order chi connectivity index (χ0) is 15.8. The van der Waals surface area contributed by atoms with Gasteiger partial charge in [-0.2, -0.15) is 0 Å². The number of hydrogen-bond donors (Lipinski definition) is 1. The molecule has 1 amide bonds. The number of amides is 1. The zero-order valence-corrected chi connectivity index (χ0v) is 13.5. The molecule has 2 aromatic rings. The predicted octanol–water partition coefficient (Wildman–Crippen LogP) is 2.79. The first-order valence-electron chi connectivity index (χ1n) is 6.98. The summed E-state index contributed by atoms with van der Waals surface area (Å²) in [6.45, 7) is 2.93. The molecule has 0 unspecified atom stereocenters. The average molecular weight is 321 g/mol. The third-order valence-corrected chi connectivity index (χ3v) is 3.63. The molecular weight excluding hydrogens is 302 g/mol. The van der Waals surface area contributed by atoms with Crippen LogP contribution in [0.3, 0.4) is 0 Å². The van der Waals surface area contributed by atoms with Gasteiger partial charge in [-0.25, -0.2) is 0 Å². The molecule has 1 N–H and O–H groups in total. The first-order valence-corrected chi connectivity index (χ1v) is 7.79. The molecule has 0 aliphatic rings. The standard InChI is InChI=1S/C15H19N3O3S/c1-11-5-7-12(8-6-11)21-9-3-4-13(19)16-15-18-17-14(22-15)10-20-2/h5-8H,3-4,9-10H2,1-2H3,(H,16,18,19). The van der Waals surface area contributed by atoms with Crippen LogP contribution >= 0.6 is 11.3 Å². The highest BCUT2D eigenvalue weighted by molar-refractivity contribution is 7.15. The summed E-state index contributed by atoms with van der Waals surface area (Å²) in [6.07, 6.45) is 1.02. The molecule has 118 valence electrons. The molecule has 1 aromatic heterocycles. The second kappa shape index (κ2) is 8.45. The lowest BCUT2D eigenvalue weighted by Gasteiger charge is -2.06. The summed E-state index contributed by atoms with van der Waals surface area (Å²) >= 11 is 1.31. The molecule has 6 nitrogen and oxygen atoms in total. The largest absolute Gasteiger partial charge is 0.494 e. The number of rotatable bonds is 8. The van der Waals surface area contributed by atoms with E-state index >= 15 is 0 Å². The smallest absolute Gasteiger partial charge is 0.226 e. The molecule has 7 heteroatoms. The van der Waals surface area contributed by atoms with Crippen LogP contribution in [0.4, 0.5) is 5.13 Å². The molecule has 22 heavy (non-hydrogen) atoms. The second-order valence-electron chi connectivity index (χ2n) is 4.75. The molecule has 0 aliphatic carbocycles. The molecule has 0 aliphatic heterocycles. The highest BCUT2D eigenvalue weighted by Gasteiger charge is 2.08. The van der Waals surface area contributed by atoms with Crippen LogP contribution in [-0.4, -0.2) is 29.8 Å². The fourth-order valence-electron chi connectivity index (χ4n) is 1.72. The van der Waals surface area contributed by atoms with E-state index in [0.717, 1.165) is 10.8 Å². The summed E-state index contributed by atoms with van der Waals surface area (Å²) in [7, 11) is 1.59. The Balaban J connectivity index is 1.65. The minimum atomic E-state index is -0.0902. The summed E-state index contributed by atoms with van der Waals surface area (Å²) in [6, 6.07) is 7.84. The fraction of sp³-hybridized carbons (Fsp3) is 0.400. The molecular formula is C15H19N3O3S. The molecule has 0 saturated carbocycles. The van der Waals surface area contributed by atoms with Crippen molar-refractivity contribution in [1.29, 1.82) is 0 Å². The second-order valence-corrected chi connectivity index (χ2v) is 5.81. The van der Waals surface area contributed by atoms with Crippen molar-refractivity contribution in [3.05, 3.63) is 34.8 Å². The van der Waals surface area contributed by atoms with Crippen molar-refractivity contribution in [3.8, 4) is 5.75 Å². The maximum atomic E-state index is 11.8. The maximum absolute atomic E-state index is 11.8. The Kier molecular flexibility index (Phi) is 6.29. The van der Waals surface area contributed by atoms with Crippen molar-refractivity contribution >= 4 is 22.4 Å². The third kappa shape index (κ3) is 5.42. The molecule has 0 saturated heterocycles. The SMILES string of the molecule is COCc1nnc(NC(=O)CCCOc2ccc(C)cc2)s1. The first kappa shape index (κ1) is 16.4. The zero-order valence-electron chi connectivity index (χ0n) is 12.7. The molecule has 0 atom stereocenters. The number of hydrogen-bond acceptors (Lipinski definition) is 6. The Morgan fingerprint density at radius 1 is 1.27 bits per heavy atom. The number of nitrogens with one attached hydrogen (secondary N) is 1. The summed E-state index contributed by atoms with van der Waals surface area (Å²) in [5.74, 6) is 0.729. The average Bonchev–Trinajstić information content (AvgIpc) is 2.93. The van der Waals surface area contributed by atoms with E-state index in [1.807, 2.05) is 31.2 Å². The molecule has 0 fully saturated rings. The summed E-state index contributed by atoms with van der Waals surface area (Å²) in [4.78, 5) is 11.8. The van der Waals surface area contributed by atoms with E-state index in [4.69, 9.17) is 9.47 Å². The lowest BCUT2D eigenvalue weighted by Crippen LogP contribution is -2.12. The lowest BCUT2D eigenvalue weighted by atomic mass is 10.2. The molecule has 2 rings (SSSR count). The van der Waals surface area contributed by atoms with Gasteiger partial charge in [0, 0.05) is 13.5 Å². The number of benzene rings is 1. The van der Waals surface area contributed by atoms with E-state index in [9.17, 15) is 4.79 Å². The van der Waals surface area contributed by atoms with Crippen LogP contribution in [0, 0.1) is 6.92 Å². The Labute approximate surface area is 133 Å². The van der Waals surface area contributed by atoms with E-state index < -0.39 is 0 Å². The number of aryl methyl sites for hydroxylation is 1. The Hall–Kier alpha value is -1.99. The van der Waals surface area contributed by atoms with Gasteiger partial charge >= 0.3 is 0 Å². The Morgan fingerprint density at radius 3 is 2.77 bits per heavy atom. The predicted molar refractivity (Wildman–Crippen MR) is 85.2 cm³/mol. The van der Waals surface area contributed by atoms with Gasteiger partial charge in [0.15, 0.2) is 0 Å². The molecule has 0 radical (unpaired) electrons.